The maximum absolute atomic E-state index is 13.1. The van der Waals surface area contributed by atoms with Crippen LogP contribution < -0.4 is 5.32 Å². The molecule has 1 aromatic carbocycles. The van der Waals surface area contributed by atoms with Crippen molar-refractivity contribution in [2.75, 3.05) is 39.4 Å². The predicted molar refractivity (Wildman–Crippen MR) is 111 cm³/mol. The van der Waals surface area contributed by atoms with Crippen LogP contribution >= 0.6 is 15.9 Å². The summed E-state index contributed by atoms with van der Waals surface area (Å²) in [6.07, 6.45) is -1.09. The second-order valence-corrected chi connectivity index (χ2v) is 8.88. The van der Waals surface area contributed by atoms with E-state index >= 15 is 0 Å². The number of ether oxygens (including phenoxy) is 1. The zero-order valence-electron chi connectivity index (χ0n) is 16.4. The fraction of sp³-hybridized carbons (Fsp3) is 0.500. The van der Waals surface area contributed by atoms with E-state index in [4.69, 9.17) is 4.74 Å². The Kier molecular flexibility index (Phi) is 6.12. The summed E-state index contributed by atoms with van der Waals surface area (Å²) in [6.45, 7) is 10.1. The number of fused-ring (bicyclic) bond motifs is 1. The van der Waals surface area contributed by atoms with E-state index in [1.165, 1.54) is 4.57 Å². The number of hydrogen-bond donors (Lipinski definition) is 2. The average molecular weight is 452 g/mol. The number of carboxylic acid groups (broad SMARTS) is 1. The van der Waals surface area contributed by atoms with Gasteiger partial charge in [0.25, 0.3) is 5.91 Å². The van der Waals surface area contributed by atoms with Gasteiger partial charge in [-0.15, -0.1) is 0 Å². The molecule has 152 valence electrons. The molecule has 0 spiro atoms. The molecule has 0 radical (unpaired) electrons. The quantitative estimate of drug-likeness (QED) is 0.744. The van der Waals surface area contributed by atoms with Gasteiger partial charge < -0.3 is 15.2 Å². The van der Waals surface area contributed by atoms with Crippen molar-refractivity contribution in [3.8, 4) is 0 Å². The van der Waals surface area contributed by atoms with Gasteiger partial charge in [0.15, 0.2) is 0 Å². The van der Waals surface area contributed by atoms with Gasteiger partial charge >= 0.3 is 6.09 Å². The number of hydrogen-bond acceptors (Lipinski definition) is 4. The van der Waals surface area contributed by atoms with Crippen molar-refractivity contribution in [3.63, 3.8) is 0 Å². The van der Waals surface area contributed by atoms with Crippen LogP contribution in [0.5, 0.6) is 0 Å². The number of amides is 1. The molecule has 0 unspecified atom stereocenters. The zero-order chi connectivity index (χ0) is 20.5. The summed E-state index contributed by atoms with van der Waals surface area (Å²) in [6, 6.07) is 5.32. The van der Waals surface area contributed by atoms with E-state index in [-0.39, 0.29) is 5.91 Å². The van der Waals surface area contributed by atoms with E-state index in [1.54, 1.807) is 18.2 Å². The summed E-state index contributed by atoms with van der Waals surface area (Å²) in [7, 11) is 0. The Morgan fingerprint density at radius 2 is 1.93 bits per heavy atom. The summed E-state index contributed by atoms with van der Waals surface area (Å²) in [5.74, 6) is -0.249. The first-order valence-corrected chi connectivity index (χ1v) is 10.2. The molecule has 8 heteroatoms. The third-order valence-corrected chi connectivity index (χ3v) is 5.37. The Balaban J connectivity index is 1.97. The maximum atomic E-state index is 13.1. The van der Waals surface area contributed by atoms with Crippen molar-refractivity contribution in [2.45, 2.75) is 26.2 Å². The number of nitrogens with one attached hydrogen (secondary N) is 1. The van der Waals surface area contributed by atoms with E-state index < -0.39 is 11.5 Å². The van der Waals surface area contributed by atoms with Crippen LogP contribution in [0, 0.1) is 0 Å². The van der Waals surface area contributed by atoms with Crippen molar-refractivity contribution in [1.82, 2.24) is 14.8 Å². The molecule has 1 aromatic heterocycles. The van der Waals surface area contributed by atoms with Gasteiger partial charge in [-0.3, -0.25) is 9.69 Å². The number of aromatic nitrogens is 1. The van der Waals surface area contributed by atoms with Crippen LogP contribution in [0.15, 0.2) is 22.7 Å². The highest BCUT2D eigenvalue weighted by Gasteiger charge is 2.32. The van der Waals surface area contributed by atoms with Gasteiger partial charge in [0.2, 0.25) is 0 Å². The van der Waals surface area contributed by atoms with E-state index in [1.807, 2.05) is 20.8 Å². The summed E-state index contributed by atoms with van der Waals surface area (Å²) < 4.78 is 7.37. The third kappa shape index (κ3) is 4.24. The van der Waals surface area contributed by atoms with E-state index in [0.717, 1.165) is 24.1 Å². The number of carbonyl (C=O) groups excluding carboxylic acids is 1. The highest BCUT2D eigenvalue weighted by atomic mass is 79.9. The highest BCUT2D eigenvalue weighted by molar-refractivity contribution is 9.10. The molecule has 2 N–H and O–H groups in total. The molecule has 1 amide bonds. The van der Waals surface area contributed by atoms with Crippen LogP contribution in [0.4, 0.5) is 4.79 Å². The van der Waals surface area contributed by atoms with Crippen LogP contribution in [-0.4, -0.2) is 66.0 Å². The first kappa shape index (κ1) is 20.8. The molecule has 28 heavy (non-hydrogen) atoms. The topological polar surface area (TPSA) is 83.8 Å². The molecule has 2 heterocycles. The molecular weight excluding hydrogens is 426 g/mol. The van der Waals surface area contributed by atoms with Gasteiger partial charge in [-0.2, -0.15) is 0 Å². The Morgan fingerprint density at radius 3 is 2.54 bits per heavy atom. The normalized spacial score (nSPS) is 15.7. The first-order chi connectivity index (χ1) is 13.2. The summed E-state index contributed by atoms with van der Waals surface area (Å²) in [4.78, 5) is 27.4. The lowest BCUT2D eigenvalue weighted by Gasteiger charge is -2.26. The monoisotopic (exact) mass is 451 g/mol. The molecule has 7 nitrogen and oxygen atoms in total. The van der Waals surface area contributed by atoms with Crippen LogP contribution in [0.3, 0.4) is 0 Å². The standard InChI is InChI=1S/C20H26BrN3O4/c1-20(2,3)17-16(18(25)22-6-7-23-8-10-28-11-9-23)14-12-13(21)4-5-15(14)24(17)19(26)27/h4-5,12H,6-11H2,1-3H3,(H,22,25)(H,26,27). The Labute approximate surface area is 172 Å². The molecule has 2 aromatic rings. The molecule has 1 saturated heterocycles. The Hall–Kier alpha value is -1.90. The van der Waals surface area contributed by atoms with E-state index in [0.29, 0.717) is 41.9 Å². The molecule has 3 rings (SSSR count). The third-order valence-electron chi connectivity index (χ3n) is 4.88. The number of rotatable bonds is 4. The smallest absolute Gasteiger partial charge is 0.416 e. The van der Waals surface area contributed by atoms with Crippen LogP contribution in [0.25, 0.3) is 10.9 Å². The second-order valence-electron chi connectivity index (χ2n) is 7.96. The summed E-state index contributed by atoms with van der Waals surface area (Å²) in [5.41, 5.74) is 0.907. The molecule has 0 saturated carbocycles. The minimum atomic E-state index is -1.09. The first-order valence-electron chi connectivity index (χ1n) is 9.36. The summed E-state index contributed by atoms with van der Waals surface area (Å²) in [5, 5.41) is 13.4. The van der Waals surface area contributed by atoms with Crippen LogP contribution in [0.1, 0.15) is 36.8 Å². The maximum Gasteiger partial charge on any atom is 0.416 e. The fourth-order valence-electron chi connectivity index (χ4n) is 3.64. The zero-order valence-corrected chi connectivity index (χ0v) is 18.0. The number of halogens is 1. The lowest BCUT2D eigenvalue weighted by atomic mass is 9.88. The highest BCUT2D eigenvalue weighted by Crippen LogP contribution is 2.35. The average Bonchev–Trinajstić information content (AvgIpc) is 2.97. The Bertz CT molecular complexity index is 895. The molecule has 1 aliphatic heterocycles. The van der Waals surface area contributed by atoms with Gasteiger partial charge in [-0.25, -0.2) is 9.36 Å². The van der Waals surface area contributed by atoms with Crippen LogP contribution in [-0.2, 0) is 10.2 Å². The minimum absolute atomic E-state index is 0.249. The number of nitrogens with zero attached hydrogens (tertiary/aromatic N) is 2. The molecule has 1 fully saturated rings. The lowest BCUT2D eigenvalue weighted by Crippen LogP contribution is -2.41. The van der Waals surface area contributed by atoms with Crippen LogP contribution in [0.2, 0.25) is 0 Å². The molecule has 0 atom stereocenters. The molecular formula is C20H26BrN3O4. The molecule has 0 bridgehead atoms. The number of morpholine rings is 1. The Morgan fingerprint density at radius 1 is 1.25 bits per heavy atom. The van der Waals surface area contributed by atoms with Crippen molar-refractivity contribution in [2.24, 2.45) is 0 Å². The van der Waals surface area contributed by atoms with Gasteiger partial charge in [0.1, 0.15) is 0 Å². The fourth-order valence-corrected chi connectivity index (χ4v) is 4.00. The van der Waals surface area contributed by atoms with Gasteiger partial charge in [0.05, 0.1) is 24.3 Å². The SMILES string of the molecule is CC(C)(C)c1c(C(=O)NCCN2CCOCC2)c2cc(Br)ccc2n1C(=O)O. The molecule has 1 aliphatic rings. The molecule has 0 aliphatic carbocycles. The number of benzene rings is 1. The van der Waals surface area contributed by atoms with Crippen molar-refractivity contribution >= 4 is 38.8 Å². The van der Waals surface area contributed by atoms with Crippen molar-refractivity contribution in [1.29, 1.82) is 0 Å². The van der Waals surface area contributed by atoms with E-state index in [2.05, 4.69) is 26.1 Å². The van der Waals surface area contributed by atoms with Gasteiger partial charge in [-0.1, -0.05) is 36.7 Å². The van der Waals surface area contributed by atoms with Crippen molar-refractivity contribution in [3.05, 3.63) is 33.9 Å². The van der Waals surface area contributed by atoms with Gasteiger partial charge in [0, 0.05) is 47.1 Å². The largest absolute Gasteiger partial charge is 0.464 e. The predicted octanol–water partition coefficient (Wildman–Crippen LogP) is 3.29. The van der Waals surface area contributed by atoms with E-state index in [9.17, 15) is 14.7 Å². The van der Waals surface area contributed by atoms with Gasteiger partial charge in [-0.05, 0) is 18.2 Å². The minimum Gasteiger partial charge on any atom is -0.464 e. The lowest BCUT2D eigenvalue weighted by molar-refractivity contribution is 0.0383. The second kappa shape index (κ2) is 8.23. The number of carbonyl (C=O) groups is 2. The van der Waals surface area contributed by atoms with Crippen molar-refractivity contribution < 1.29 is 19.4 Å². The summed E-state index contributed by atoms with van der Waals surface area (Å²) >= 11 is 3.43.